The number of aliphatic imine (C=N–C) groups is 1. The van der Waals surface area contributed by atoms with Gasteiger partial charge in [0.25, 0.3) is 0 Å². The van der Waals surface area contributed by atoms with Gasteiger partial charge in [-0.25, -0.2) is 0 Å². The molecule has 0 saturated carbocycles. The molecule has 4 heteroatoms. The van der Waals surface area contributed by atoms with E-state index >= 15 is 0 Å². The van der Waals surface area contributed by atoms with Crippen molar-refractivity contribution < 1.29 is 4.48 Å². The number of unbranched alkanes of at least 4 members (excludes halogenated alkanes) is 6. The van der Waals surface area contributed by atoms with Crippen LogP contribution in [0.2, 0.25) is 0 Å². The molecule has 0 aromatic carbocycles. The molecule has 0 amide bonds. The van der Waals surface area contributed by atoms with Crippen molar-refractivity contribution in [2.45, 2.75) is 91.9 Å². The first-order valence-electron chi connectivity index (χ1n) is 9.99. The van der Waals surface area contributed by atoms with Crippen LogP contribution < -0.4 is 0 Å². The summed E-state index contributed by atoms with van der Waals surface area (Å²) < 4.78 is 1.43. The zero-order chi connectivity index (χ0) is 18.5. The summed E-state index contributed by atoms with van der Waals surface area (Å²) in [6.07, 6.45) is 15.3. The molecule has 0 bridgehead atoms. The minimum absolute atomic E-state index is 1.28. The van der Waals surface area contributed by atoms with Crippen molar-refractivity contribution in [3.8, 4) is 6.19 Å². The van der Waals surface area contributed by atoms with E-state index in [0.29, 0.717) is 0 Å². The molecule has 0 heterocycles. The van der Waals surface area contributed by atoms with Gasteiger partial charge in [-0.15, -0.1) is 6.01 Å². The third kappa shape index (κ3) is 15.7. The second kappa shape index (κ2) is 19.9. The molecule has 0 atom stereocenters. The van der Waals surface area contributed by atoms with Gasteiger partial charge < -0.3 is 14.9 Å². The van der Waals surface area contributed by atoms with Gasteiger partial charge in [-0.1, -0.05) is 59.8 Å². The topological polar surface area (TPSA) is 58.5 Å². The fraction of sp³-hybridized carbons (Fsp3) is 0.900. The van der Waals surface area contributed by atoms with Crippen LogP contribution in [0.5, 0.6) is 0 Å². The average Bonchev–Trinajstić information content (AvgIpc) is 2.61. The Hall–Kier alpha value is -1.17. The third-order valence-electron chi connectivity index (χ3n) is 4.54. The van der Waals surface area contributed by atoms with E-state index in [1.165, 1.54) is 107 Å². The maximum Gasteiger partial charge on any atom is 0.0925 e. The summed E-state index contributed by atoms with van der Waals surface area (Å²) in [6.45, 7) is 15.1. The molecule has 0 N–H and O–H groups in total. The van der Waals surface area contributed by atoms with Crippen LogP contribution >= 0.6 is 0 Å². The van der Waals surface area contributed by atoms with E-state index in [0.717, 1.165) is 0 Å². The molecular weight excluding hydrogens is 296 g/mol. The standard InChI is InChI=1S/C18H40N.C2N3/c1-5-9-13-14-18-19(15-10-6-2,16-11-7-3)17-12-8-4;3-1-5-2-4/h5-18H2,1-4H3;/q+1;-1. The molecule has 0 aliphatic carbocycles. The van der Waals surface area contributed by atoms with Gasteiger partial charge in [-0.05, 0) is 32.1 Å². The Kier molecular flexibility index (Phi) is 20.8. The molecule has 0 spiro atoms. The highest BCUT2D eigenvalue weighted by Crippen LogP contribution is 2.17. The highest BCUT2D eigenvalue weighted by atomic mass is 15.3. The molecule has 140 valence electrons. The number of hydrogen-bond donors (Lipinski definition) is 0. The van der Waals surface area contributed by atoms with Crippen LogP contribution in [0.4, 0.5) is 0 Å². The van der Waals surface area contributed by atoms with Crippen molar-refractivity contribution in [2.75, 3.05) is 26.2 Å². The lowest BCUT2D eigenvalue weighted by molar-refractivity contribution is -0.929. The maximum atomic E-state index is 7.43. The molecule has 0 saturated heterocycles. The van der Waals surface area contributed by atoms with Gasteiger partial charge in [0.05, 0.1) is 32.4 Å². The quantitative estimate of drug-likeness (QED) is 0.166. The zero-order valence-electron chi connectivity index (χ0n) is 16.7. The molecule has 24 heavy (non-hydrogen) atoms. The highest BCUT2D eigenvalue weighted by Gasteiger charge is 2.24. The van der Waals surface area contributed by atoms with Gasteiger partial charge >= 0.3 is 0 Å². The van der Waals surface area contributed by atoms with E-state index in [2.05, 4.69) is 32.7 Å². The van der Waals surface area contributed by atoms with Crippen LogP contribution in [0.3, 0.4) is 0 Å². The largest absolute Gasteiger partial charge is 0.422 e. The summed E-state index contributed by atoms with van der Waals surface area (Å²) in [5.41, 5.74) is 0. The van der Waals surface area contributed by atoms with E-state index in [1.54, 1.807) is 0 Å². The normalized spacial score (nSPS) is 10.3. The number of quaternary nitrogens is 1. The molecule has 0 unspecified atom stereocenters. The molecule has 0 aliphatic heterocycles. The SMILES string of the molecule is CCCCCC[N+](CCCC)(CCCC)CCCC.N#CN=C=[N-]. The van der Waals surface area contributed by atoms with Crippen LogP contribution in [-0.2, 0) is 0 Å². The van der Waals surface area contributed by atoms with E-state index in [1.807, 2.05) is 0 Å². The summed E-state index contributed by atoms with van der Waals surface area (Å²) >= 11 is 0. The lowest BCUT2D eigenvalue weighted by Gasteiger charge is -2.39. The Balaban J connectivity index is 0. The third-order valence-corrected chi connectivity index (χ3v) is 4.54. The lowest BCUT2D eigenvalue weighted by Crippen LogP contribution is -2.50. The van der Waals surface area contributed by atoms with Gasteiger partial charge in [0.15, 0.2) is 0 Å². The monoisotopic (exact) mass is 336 g/mol. The average molecular weight is 337 g/mol. The Labute approximate surface area is 151 Å². The van der Waals surface area contributed by atoms with Crippen molar-refractivity contribution in [2.24, 2.45) is 4.99 Å². The molecule has 0 rings (SSSR count). The smallest absolute Gasteiger partial charge is 0.0925 e. The van der Waals surface area contributed by atoms with Gasteiger partial charge in [-0.2, -0.15) is 5.26 Å². The maximum absolute atomic E-state index is 7.43. The Bertz CT molecular complexity index is 318. The van der Waals surface area contributed by atoms with Crippen molar-refractivity contribution in [1.29, 1.82) is 5.26 Å². The summed E-state index contributed by atoms with van der Waals surface area (Å²) in [4.78, 5) is 2.58. The van der Waals surface area contributed by atoms with Gasteiger partial charge in [-0.3, -0.25) is 0 Å². The zero-order valence-corrected chi connectivity index (χ0v) is 16.7. The number of nitrogens with zero attached hydrogens (tertiary/aromatic N) is 4. The van der Waals surface area contributed by atoms with Crippen LogP contribution in [-0.4, -0.2) is 36.7 Å². The van der Waals surface area contributed by atoms with Crippen molar-refractivity contribution in [1.82, 2.24) is 0 Å². The number of rotatable bonds is 14. The molecule has 0 fully saturated rings. The van der Waals surface area contributed by atoms with Crippen molar-refractivity contribution >= 4 is 6.01 Å². The van der Waals surface area contributed by atoms with Crippen LogP contribution in [0.1, 0.15) is 91.9 Å². The molecule has 0 radical (unpaired) electrons. The highest BCUT2D eigenvalue weighted by molar-refractivity contribution is 5.46. The second-order valence-electron chi connectivity index (χ2n) is 6.67. The molecule has 0 aromatic heterocycles. The minimum Gasteiger partial charge on any atom is -0.422 e. The fourth-order valence-corrected chi connectivity index (χ4v) is 3.05. The van der Waals surface area contributed by atoms with E-state index < -0.39 is 0 Å². The number of nitriles is 1. The molecule has 0 aliphatic rings. The summed E-state index contributed by atoms with van der Waals surface area (Å²) in [5.74, 6) is 0. The summed E-state index contributed by atoms with van der Waals surface area (Å²) in [7, 11) is 0. The van der Waals surface area contributed by atoms with E-state index in [4.69, 9.17) is 10.7 Å². The first-order chi connectivity index (χ1) is 11.7. The van der Waals surface area contributed by atoms with Crippen LogP contribution in [0.15, 0.2) is 4.99 Å². The van der Waals surface area contributed by atoms with Gasteiger partial charge in [0.2, 0.25) is 0 Å². The van der Waals surface area contributed by atoms with E-state index in [-0.39, 0.29) is 0 Å². The molecule has 0 aromatic rings. The first kappa shape index (κ1) is 25.1. The number of hydrogen-bond acceptors (Lipinski definition) is 2. The Morgan fingerprint density at radius 1 is 0.708 bits per heavy atom. The van der Waals surface area contributed by atoms with Gasteiger partial charge in [0.1, 0.15) is 0 Å². The lowest BCUT2D eigenvalue weighted by atomic mass is 10.1. The summed E-state index contributed by atoms with van der Waals surface area (Å²) in [6, 6.07) is 1.28. The minimum atomic E-state index is 1.28. The van der Waals surface area contributed by atoms with Crippen LogP contribution in [0.25, 0.3) is 5.41 Å². The molecular formula is C20H40N4. The van der Waals surface area contributed by atoms with E-state index in [9.17, 15) is 0 Å². The van der Waals surface area contributed by atoms with Crippen LogP contribution in [0, 0.1) is 11.5 Å². The Morgan fingerprint density at radius 2 is 1.12 bits per heavy atom. The predicted octanol–water partition coefficient (Wildman–Crippen LogP) is 5.99. The summed E-state index contributed by atoms with van der Waals surface area (Å²) in [5, 5.41) is 14.9. The Morgan fingerprint density at radius 3 is 1.42 bits per heavy atom. The predicted molar refractivity (Wildman–Crippen MR) is 105 cm³/mol. The van der Waals surface area contributed by atoms with Crippen molar-refractivity contribution in [3.05, 3.63) is 5.41 Å². The second-order valence-corrected chi connectivity index (χ2v) is 6.67. The fourth-order valence-electron chi connectivity index (χ4n) is 3.05. The molecule has 4 nitrogen and oxygen atoms in total. The van der Waals surface area contributed by atoms with Gasteiger partial charge in [0, 0.05) is 0 Å². The van der Waals surface area contributed by atoms with Crippen molar-refractivity contribution in [3.63, 3.8) is 0 Å². The first-order valence-corrected chi connectivity index (χ1v) is 9.99.